The van der Waals surface area contributed by atoms with Crippen LogP contribution in [0.3, 0.4) is 0 Å². The first-order chi connectivity index (χ1) is 9.10. The largest absolute Gasteiger partial charge is 0.399 e. The molecule has 0 unspecified atom stereocenters. The minimum atomic E-state index is -0.115. The highest BCUT2D eigenvalue weighted by Gasteiger charge is 2.10. The van der Waals surface area contributed by atoms with Crippen molar-refractivity contribution in [3.63, 3.8) is 0 Å². The highest BCUT2D eigenvalue weighted by Crippen LogP contribution is 2.13. The quantitative estimate of drug-likeness (QED) is 0.842. The first-order valence-electron chi connectivity index (χ1n) is 6.17. The Morgan fingerprint density at radius 3 is 2.95 bits per heavy atom. The Hall–Kier alpha value is -1.88. The summed E-state index contributed by atoms with van der Waals surface area (Å²) in [6.07, 6.45) is 0.924. The van der Waals surface area contributed by atoms with Crippen LogP contribution in [0.25, 0.3) is 0 Å². The van der Waals surface area contributed by atoms with Crippen molar-refractivity contribution in [2.24, 2.45) is 0 Å². The Morgan fingerprint density at radius 2 is 2.26 bits per heavy atom. The lowest BCUT2D eigenvalue weighted by Crippen LogP contribution is -2.23. The number of carbonyl (C=O) groups is 1. The second kappa shape index (κ2) is 5.84. The third-order valence-corrected chi connectivity index (χ3v) is 3.88. The molecular weight excluding hydrogens is 258 g/mol. The zero-order valence-electron chi connectivity index (χ0n) is 11.1. The molecule has 1 aromatic heterocycles. The summed E-state index contributed by atoms with van der Waals surface area (Å²) in [5.74, 6) is -0.115. The smallest absolute Gasteiger partial charge is 0.251 e. The van der Waals surface area contributed by atoms with E-state index in [-0.39, 0.29) is 5.91 Å². The van der Waals surface area contributed by atoms with Gasteiger partial charge < -0.3 is 11.1 Å². The molecule has 5 heteroatoms. The van der Waals surface area contributed by atoms with Crippen molar-refractivity contribution in [3.05, 3.63) is 45.4 Å². The number of nitrogen functional groups attached to an aromatic ring is 1. The van der Waals surface area contributed by atoms with Gasteiger partial charge in [-0.25, -0.2) is 4.98 Å². The SMILES string of the molecule is CCc1nc(CNC(=O)c2cc(N)ccc2C)cs1. The minimum absolute atomic E-state index is 0.115. The van der Waals surface area contributed by atoms with Gasteiger partial charge in [0, 0.05) is 16.6 Å². The van der Waals surface area contributed by atoms with E-state index in [1.54, 1.807) is 23.5 Å². The Balaban J connectivity index is 2.03. The molecule has 0 aliphatic carbocycles. The number of nitrogens with one attached hydrogen (secondary N) is 1. The van der Waals surface area contributed by atoms with Crippen molar-refractivity contribution >= 4 is 22.9 Å². The van der Waals surface area contributed by atoms with Gasteiger partial charge in [-0.05, 0) is 31.0 Å². The first-order valence-corrected chi connectivity index (χ1v) is 7.05. The molecule has 0 radical (unpaired) electrons. The lowest BCUT2D eigenvalue weighted by atomic mass is 10.1. The van der Waals surface area contributed by atoms with E-state index < -0.39 is 0 Å². The number of aryl methyl sites for hydroxylation is 2. The van der Waals surface area contributed by atoms with Crippen LogP contribution in [0.1, 0.15) is 33.5 Å². The molecule has 100 valence electrons. The van der Waals surface area contributed by atoms with Gasteiger partial charge in [-0.15, -0.1) is 11.3 Å². The summed E-state index contributed by atoms with van der Waals surface area (Å²) in [6, 6.07) is 5.34. The van der Waals surface area contributed by atoms with E-state index in [2.05, 4.69) is 17.2 Å². The number of thiazole rings is 1. The second-order valence-electron chi connectivity index (χ2n) is 4.34. The van der Waals surface area contributed by atoms with E-state index in [4.69, 9.17) is 5.73 Å². The van der Waals surface area contributed by atoms with Crippen LogP contribution >= 0.6 is 11.3 Å². The topological polar surface area (TPSA) is 68.0 Å². The number of carbonyl (C=O) groups excluding carboxylic acids is 1. The van der Waals surface area contributed by atoms with E-state index >= 15 is 0 Å². The average molecular weight is 275 g/mol. The fourth-order valence-electron chi connectivity index (χ4n) is 1.74. The van der Waals surface area contributed by atoms with Crippen LogP contribution in [0.4, 0.5) is 5.69 Å². The molecule has 3 N–H and O–H groups in total. The predicted octanol–water partition coefficient (Wildman–Crippen LogP) is 2.53. The Kier molecular flexibility index (Phi) is 4.16. The summed E-state index contributed by atoms with van der Waals surface area (Å²) < 4.78 is 0. The second-order valence-corrected chi connectivity index (χ2v) is 5.29. The number of hydrogen-bond acceptors (Lipinski definition) is 4. The van der Waals surface area contributed by atoms with Crippen molar-refractivity contribution in [2.45, 2.75) is 26.8 Å². The maximum Gasteiger partial charge on any atom is 0.251 e. The van der Waals surface area contributed by atoms with Crippen LogP contribution in [0.5, 0.6) is 0 Å². The van der Waals surface area contributed by atoms with Gasteiger partial charge in [-0.1, -0.05) is 13.0 Å². The predicted molar refractivity (Wildman–Crippen MR) is 78.3 cm³/mol. The average Bonchev–Trinajstić information content (AvgIpc) is 2.87. The maximum absolute atomic E-state index is 12.1. The summed E-state index contributed by atoms with van der Waals surface area (Å²) in [7, 11) is 0. The number of rotatable bonds is 4. The van der Waals surface area contributed by atoms with E-state index in [9.17, 15) is 4.79 Å². The summed E-state index contributed by atoms with van der Waals surface area (Å²) in [5.41, 5.74) is 8.73. The van der Waals surface area contributed by atoms with Crippen LogP contribution in [-0.2, 0) is 13.0 Å². The molecule has 0 aliphatic rings. The third-order valence-electron chi connectivity index (χ3n) is 2.84. The molecular formula is C14H17N3OS. The van der Waals surface area contributed by atoms with Gasteiger partial charge in [0.25, 0.3) is 5.91 Å². The number of aromatic nitrogens is 1. The standard InChI is InChI=1S/C14H17N3OS/c1-3-13-17-11(8-19-13)7-16-14(18)12-6-10(15)5-4-9(12)2/h4-6,8H,3,7,15H2,1-2H3,(H,16,18). The summed E-state index contributed by atoms with van der Waals surface area (Å²) in [4.78, 5) is 16.5. The molecule has 0 saturated carbocycles. The van der Waals surface area contributed by atoms with Gasteiger partial charge in [0.2, 0.25) is 0 Å². The normalized spacial score (nSPS) is 10.4. The molecule has 1 heterocycles. The molecule has 2 rings (SSSR count). The summed E-state index contributed by atoms with van der Waals surface area (Å²) in [5, 5.41) is 5.94. The van der Waals surface area contributed by atoms with Crippen LogP contribution < -0.4 is 11.1 Å². The van der Waals surface area contributed by atoms with Gasteiger partial charge in [-0.2, -0.15) is 0 Å². The zero-order valence-corrected chi connectivity index (χ0v) is 11.9. The molecule has 1 aromatic carbocycles. The summed E-state index contributed by atoms with van der Waals surface area (Å²) in [6.45, 7) is 4.41. The fraction of sp³-hybridized carbons (Fsp3) is 0.286. The molecule has 1 amide bonds. The number of hydrogen-bond donors (Lipinski definition) is 2. The highest BCUT2D eigenvalue weighted by atomic mass is 32.1. The third kappa shape index (κ3) is 3.32. The van der Waals surface area contributed by atoms with Crippen molar-refractivity contribution in [2.75, 3.05) is 5.73 Å². The van der Waals surface area contributed by atoms with Gasteiger partial charge >= 0.3 is 0 Å². The van der Waals surface area contributed by atoms with Gasteiger partial charge in [0.05, 0.1) is 17.2 Å². The van der Waals surface area contributed by atoms with Crippen LogP contribution in [0.2, 0.25) is 0 Å². The number of anilines is 1. The van der Waals surface area contributed by atoms with E-state index in [0.717, 1.165) is 22.7 Å². The van der Waals surface area contributed by atoms with Crippen LogP contribution in [-0.4, -0.2) is 10.9 Å². The van der Waals surface area contributed by atoms with Gasteiger partial charge in [-0.3, -0.25) is 4.79 Å². The molecule has 0 bridgehead atoms. The van der Waals surface area contributed by atoms with Crippen molar-refractivity contribution < 1.29 is 4.79 Å². The molecule has 2 aromatic rings. The first kappa shape index (κ1) is 13.5. The van der Waals surface area contributed by atoms with E-state index in [1.807, 2.05) is 18.4 Å². The Bertz CT molecular complexity index is 592. The number of nitrogens with two attached hydrogens (primary N) is 1. The molecule has 0 aliphatic heterocycles. The lowest BCUT2D eigenvalue weighted by molar-refractivity contribution is 0.0950. The Labute approximate surface area is 116 Å². The van der Waals surface area contributed by atoms with Gasteiger partial charge in [0.15, 0.2) is 0 Å². The van der Waals surface area contributed by atoms with Gasteiger partial charge in [0.1, 0.15) is 0 Å². The molecule has 0 saturated heterocycles. The number of nitrogens with zero attached hydrogens (tertiary/aromatic N) is 1. The molecule has 0 spiro atoms. The van der Waals surface area contributed by atoms with E-state index in [0.29, 0.717) is 17.8 Å². The Morgan fingerprint density at radius 1 is 1.47 bits per heavy atom. The van der Waals surface area contributed by atoms with Crippen molar-refractivity contribution in [1.82, 2.24) is 10.3 Å². The monoisotopic (exact) mass is 275 g/mol. The van der Waals surface area contributed by atoms with Crippen molar-refractivity contribution in [1.29, 1.82) is 0 Å². The van der Waals surface area contributed by atoms with Crippen LogP contribution in [0, 0.1) is 6.92 Å². The fourth-order valence-corrected chi connectivity index (χ4v) is 2.49. The van der Waals surface area contributed by atoms with Crippen molar-refractivity contribution in [3.8, 4) is 0 Å². The van der Waals surface area contributed by atoms with Crippen LogP contribution in [0.15, 0.2) is 23.6 Å². The zero-order chi connectivity index (χ0) is 13.8. The number of benzene rings is 1. The molecule has 0 atom stereocenters. The molecule has 0 fully saturated rings. The summed E-state index contributed by atoms with van der Waals surface area (Å²) >= 11 is 1.62. The maximum atomic E-state index is 12.1. The lowest BCUT2D eigenvalue weighted by Gasteiger charge is -2.07. The van der Waals surface area contributed by atoms with E-state index in [1.165, 1.54) is 0 Å². The molecule has 19 heavy (non-hydrogen) atoms. The number of amides is 1. The minimum Gasteiger partial charge on any atom is -0.399 e. The molecule has 4 nitrogen and oxygen atoms in total. The highest BCUT2D eigenvalue weighted by molar-refractivity contribution is 7.09.